The number of nitrogens with zero attached hydrogens (tertiary/aromatic N) is 2. The molecule has 3 aliphatic rings. The highest BCUT2D eigenvalue weighted by Gasteiger charge is 2.53. The van der Waals surface area contributed by atoms with Crippen molar-refractivity contribution in [3.8, 4) is 0 Å². The molecule has 0 spiro atoms. The van der Waals surface area contributed by atoms with Crippen molar-refractivity contribution in [2.45, 2.75) is 76.4 Å². The molecule has 0 aromatic carbocycles. The molecular weight excluding hydrogens is 296 g/mol. The van der Waals surface area contributed by atoms with Gasteiger partial charge < -0.3 is 14.2 Å². The Morgan fingerprint density at radius 1 is 1.09 bits per heavy atom. The predicted molar refractivity (Wildman–Crippen MR) is 86.9 cm³/mol. The molecule has 0 saturated carbocycles. The zero-order valence-corrected chi connectivity index (χ0v) is 15.4. The summed E-state index contributed by atoms with van der Waals surface area (Å²) in [6.07, 6.45) is 2.45. The van der Waals surface area contributed by atoms with Crippen molar-refractivity contribution in [1.29, 1.82) is 0 Å². The Morgan fingerprint density at radius 2 is 1.73 bits per heavy atom. The van der Waals surface area contributed by atoms with Gasteiger partial charge in [-0.15, -0.1) is 0 Å². The van der Waals surface area contributed by atoms with Gasteiger partial charge in [-0.3, -0.25) is 9.59 Å². The molecule has 0 N–H and O–H groups in total. The van der Waals surface area contributed by atoms with Crippen LogP contribution in [0.1, 0.15) is 40.0 Å². The monoisotopic (exact) mass is 324 g/mol. The minimum absolute atomic E-state index is 0.0128. The molecule has 5 nitrogen and oxygen atoms in total. The van der Waals surface area contributed by atoms with Crippen molar-refractivity contribution in [2.24, 2.45) is 0 Å². The number of piperazine rings is 1. The lowest BCUT2D eigenvalue weighted by molar-refractivity contribution is -0.156. The van der Waals surface area contributed by atoms with Crippen molar-refractivity contribution in [1.82, 2.24) is 9.80 Å². The number of carbonyl (C=O) groups is 2. The molecule has 3 heterocycles. The second-order valence-corrected chi connectivity index (χ2v) is 13.2. The molecule has 0 radical (unpaired) electrons. The molecule has 0 aromatic heterocycles. The quantitative estimate of drug-likeness (QED) is 0.730. The Kier molecular flexibility index (Phi) is 3.68. The molecule has 0 bridgehead atoms. The highest BCUT2D eigenvalue weighted by Crippen LogP contribution is 2.40. The SMILES string of the molecule is CC(C)(C)[Si](C)(C)O[C@@H]1C[C@H]2C(=O)N3CCC[C@H]3C(=O)N2C1. The smallest absolute Gasteiger partial charge is 0.246 e. The van der Waals surface area contributed by atoms with E-state index in [-0.39, 0.29) is 35.0 Å². The van der Waals surface area contributed by atoms with Crippen LogP contribution < -0.4 is 0 Å². The molecule has 6 heteroatoms. The van der Waals surface area contributed by atoms with E-state index in [0.29, 0.717) is 13.0 Å². The lowest BCUT2D eigenvalue weighted by Crippen LogP contribution is -2.60. The van der Waals surface area contributed by atoms with E-state index in [1.54, 1.807) is 9.80 Å². The van der Waals surface area contributed by atoms with Gasteiger partial charge in [0.05, 0.1) is 6.10 Å². The average Bonchev–Trinajstić information content (AvgIpc) is 3.00. The molecule has 0 aromatic rings. The number of carbonyl (C=O) groups excluding carboxylic acids is 2. The molecule has 22 heavy (non-hydrogen) atoms. The first kappa shape index (κ1) is 16.0. The van der Waals surface area contributed by atoms with Crippen LogP contribution in [0.25, 0.3) is 0 Å². The van der Waals surface area contributed by atoms with Crippen molar-refractivity contribution in [3.63, 3.8) is 0 Å². The Bertz CT molecular complexity index is 470. The van der Waals surface area contributed by atoms with Gasteiger partial charge in [-0.05, 0) is 31.0 Å². The van der Waals surface area contributed by atoms with Crippen LogP contribution in [0.2, 0.25) is 18.1 Å². The average molecular weight is 324 g/mol. The van der Waals surface area contributed by atoms with Gasteiger partial charge in [0.1, 0.15) is 12.1 Å². The van der Waals surface area contributed by atoms with Crippen LogP contribution in [-0.4, -0.2) is 61.2 Å². The Balaban J connectivity index is 1.74. The fourth-order valence-electron chi connectivity index (χ4n) is 3.62. The van der Waals surface area contributed by atoms with E-state index in [1.165, 1.54) is 0 Å². The fraction of sp³-hybridized carbons (Fsp3) is 0.875. The summed E-state index contributed by atoms with van der Waals surface area (Å²) in [4.78, 5) is 28.9. The predicted octanol–water partition coefficient (Wildman–Crippen LogP) is 1.98. The van der Waals surface area contributed by atoms with Gasteiger partial charge in [-0.2, -0.15) is 0 Å². The maximum Gasteiger partial charge on any atom is 0.246 e. The summed E-state index contributed by atoms with van der Waals surface area (Å²) in [5, 5.41) is 0.143. The van der Waals surface area contributed by atoms with E-state index in [0.717, 1.165) is 19.4 Å². The zero-order chi connectivity index (χ0) is 16.3. The first-order valence-electron chi connectivity index (χ1n) is 8.40. The van der Waals surface area contributed by atoms with E-state index in [9.17, 15) is 9.59 Å². The number of hydrogen-bond donors (Lipinski definition) is 0. The first-order chi connectivity index (χ1) is 10.1. The zero-order valence-electron chi connectivity index (χ0n) is 14.4. The van der Waals surface area contributed by atoms with Gasteiger partial charge >= 0.3 is 0 Å². The summed E-state index contributed by atoms with van der Waals surface area (Å²) >= 11 is 0. The van der Waals surface area contributed by atoms with Crippen LogP contribution >= 0.6 is 0 Å². The van der Waals surface area contributed by atoms with Gasteiger partial charge in [-0.1, -0.05) is 20.8 Å². The third kappa shape index (κ3) is 2.40. The van der Waals surface area contributed by atoms with Gasteiger partial charge in [-0.25, -0.2) is 0 Å². The van der Waals surface area contributed by atoms with E-state index in [1.807, 2.05) is 0 Å². The highest BCUT2D eigenvalue weighted by atomic mass is 28.4. The maximum atomic E-state index is 12.6. The summed E-state index contributed by atoms with van der Waals surface area (Å²) in [6, 6.07) is -0.480. The topological polar surface area (TPSA) is 49.9 Å². The molecule has 124 valence electrons. The lowest BCUT2D eigenvalue weighted by Gasteiger charge is -2.38. The molecule has 0 unspecified atom stereocenters. The van der Waals surface area contributed by atoms with Crippen LogP contribution in [0.15, 0.2) is 0 Å². The molecule has 3 atom stereocenters. The van der Waals surface area contributed by atoms with E-state index < -0.39 is 8.32 Å². The summed E-state index contributed by atoms with van der Waals surface area (Å²) in [6.45, 7) is 12.4. The molecule has 3 fully saturated rings. The maximum absolute atomic E-state index is 12.6. The van der Waals surface area contributed by atoms with Crippen LogP contribution in [-0.2, 0) is 14.0 Å². The van der Waals surface area contributed by atoms with E-state index in [4.69, 9.17) is 4.43 Å². The minimum atomic E-state index is -1.87. The van der Waals surface area contributed by atoms with Crippen LogP contribution in [0.4, 0.5) is 0 Å². The Hall–Kier alpha value is -0.883. The lowest BCUT2D eigenvalue weighted by atomic mass is 10.1. The largest absolute Gasteiger partial charge is 0.412 e. The normalized spacial score (nSPS) is 32.5. The van der Waals surface area contributed by atoms with Gasteiger partial charge in [0.2, 0.25) is 11.8 Å². The van der Waals surface area contributed by atoms with Crippen molar-refractivity contribution < 1.29 is 14.0 Å². The van der Waals surface area contributed by atoms with Crippen molar-refractivity contribution in [3.05, 3.63) is 0 Å². The molecule has 3 rings (SSSR count). The van der Waals surface area contributed by atoms with Crippen molar-refractivity contribution >= 4 is 20.1 Å². The van der Waals surface area contributed by atoms with Gasteiger partial charge in [0, 0.05) is 19.5 Å². The summed E-state index contributed by atoms with van der Waals surface area (Å²) in [7, 11) is -1.87. The number of fused-ring (bicyclic) bond motifs is 2. The second kappa shape index (κ2) is 5.06. The number of amides is 2. The number of rotatable bonds is 2. The van der Waals surface area contributed by atoms with E-state index >= 15 is 0 Å². The molecule has 0 aliphatic carbocycles. The van der Waals surface area contributed by atoms with Gasteiger partial charge in [0.15, 0.2) is 8.32 Å². The molecular formula is C16H28N2O3Si. The van der Waals surface area contributed by atoms with Crippen molar-refractivity contribution in [2.75, 3.05) is 13.1 Å². The Morgan fingerprint density at radius 3 is 2.36 bits per heavy atom. The Labute approximate surface area is 134 Å². The van der Waals surface area contributed by atoms with E-state index in [2.05, 4.69) is 33.9 Å². The third-order valence-corrected chi connectivity index (χ3v) is 10.5. The molecule has 3 aliphatic heterocycles. The summed E-state index contributed by atoms with van der Waals surface area (Å²) in [5.74, 6) is 0.284. The number of hydrogen-bond acceptors (Lipinski definition) is 3. The fourth-order valence-corrected chi connectivity index (χ4v) is 4.98. The van der Waals surface area contributed by atoms with Crippen LogP contribution in [0.5, 0.6) is 0 Å². The minimum Gasteiger partial charge on any atom is -0.412 e. The van der Waals surface area contributed by atoms with Gasteiger partial charge in [0.25, 0.3) is 0 Å². The summed E-state index contributed by atoms with van der Waals surface area (Å²) < 4.78 is 6.45. The summed E-state index contributed by atoms with van der Waals surface area (Å²) in [5.41, 5.74) is 0. The standard InChI is InChI=1S/C16H28N2O3Si/c1-16(2,3)22(4,5)21-11-9-13-15(20)17-8-6-7-12(17)14(19)18(13)10-11/h11-13H,6-10H2,1-5H3/t11-,12+,13+/m1/s1. The first-order valence-corrected chi connectivity index (χ1v) is 11.3. The third-order valence-electron chi connectivity index (χ3n) is 5.92. The second-order valence-electron chi connectivity index (χ2n) is 8.43. The molecule has 3 saturated heterocycles. The van der Waals surface area contributed by atoms with Crippen LogP contribution in [0, 0.1) is 0 Å². The van der Waals surface area contributed by atoms with Crippen LogP contribution in [0.3, 0.4) is 0 Å². The highest BCUT2D eigenvalue weighted by molar-refractivity contribution is 6.74. The molecule has 2 amide bonds.